The molecule has 3 rings (SSSR count). The zero-order valence-electron chi connectivity index (χ0n) is 14.6. The summed E-state index contributed by atoms with van der Waals surface area (Å²) in [7, 11) is -3.79. The van der Waals surface area contributed by atoms with E-state index in [9.17, 15) is 13.2 Å². The van der Waals surface area contributed by atoms with Gasteiger partial charge in [-0.3, -0.25) is 9.10 Å². The smallest absolute Gasteiger partial charge is 0.260 e. The van der Waals surface area contributed by atoms with E-state index in [0.29, 0.717) is 17.1 Å². The topological polar surface area (TPSA) is 97.3 Å². The predicted molar refractivity (Wildman–Crippen MR) is 107 cm³/mol. The third kappa shape index (κ3) is 4.67. The highest BCUT2D eigenvalue weighted by Crippen LogP contribution is 2.33. The Bertz CT molecular complexity index is 1040. The van der Waals surface area contributed by atoms with Crippen molar-refractivity contribution in [2.75, 3.05) is 23.9 Å². The van der Waals surface area contributed by atoms with Gasteiger partial charge in [0.1, 0.15) is 6.54 Å². The van der Waals surface area contributed by atoms with Gasteiger partial charge in [0.05, 0.1) is 28.2 Å². The first-order chi connectivity index (χ1) is 13.3. The minimum atomic E-state index is -3.79. The molecule has 1 aliphatic rings. The van der Waals surface area contributed by atoms with Gasteiger partial charge in [-0.2, -0.15) is 5.10 Å². The number of rotatable bonds is 6. The van der Waals surface area contributed by atoms with E-state index in [4.69, 9.17) is 32.7 Å². The number of carbonyl (C=O) groups excluding carboxylic acids is 1. The number of benzene rings is 2. The molecule has 28 heavy (non-hydrogen) atoms. The second-order valence-electron chi connectivity index (χ2n) is 5.75. The number of hydrogen-bond acceptors (Lipinski definition) is 6. The normalized spacial score (nSPS) is 13.0. The fourth-order valence-corrected chi connectivity index (χ4v) is 3.71. The highest BCUT2D eigenvalue weighted by molar-refractivity contribution is 7.92. The van der Waals surface area contributed by atoms with Crippen LogP contribution in [-0.4, -0.2) is 40.1 Å². The third-order valence-corrected chi connectivity index (χ3v) is 5.62. The SMILES string of the molecule is CS(=O)(=O)N(CC(=O)N/N=C\c1ccc2c(c1)OCO2)c1cccc(Cl)c1Cl. The van der Waals surface area contributed by atoms with Crippen LogP contribution in [0.3, 0.4) is 0 Å². The van der Waals surface area contributed by atoms with Gasteiger partial charge in [-0.1, -0.05) is 29.3 Å². The number of amides is 1. The first-order valence-electron chi connectivity index (χ1n) is 7.89. The van der Waals surface area contributed by atoms with E-state index in [1.165, 1.54) is 24.4 Å². The van der Waals surface area contributed by atoms with Gasteiger partial charge in [0.2, 0.25) is 16.8 Å². The van der Waals surface area contributed by atoms with Gasteiger partial charge in [0.25, 0.3) is 5.91 Å². The summed E-state index contributed by atoms with van der Waals surface area (Å²) in [5.74, 6) is 0.552. The van der Waals surface area contributed by atoms with Crippen LogP contribution in [0.5, 0.6) is 11.5 Å². The molecule has 1 heterocycles. The minimum absolute atomic E-state index is 0.0336. The van der Waals surface area contributed by atoms with Gasteiger partial charge in [-0.05, 0) is 35.9 Å². The van der Waals surface area contributed by atoms with Crippen LogP contribution in [0, 0.1) is 0 Å². The van der Waals surface area contributed by atoms with Crippen LogP contribution in [0.1, 0.15) is 5.56 Å². The van der Waals surface area contributed by atoms with Crippen molar-refractivity contribution in [1.29, 1.82) is 0 Å². The average Bonchev–Trinajstić information content (AvgIpc) is 3.09. The number of sulfonamides is 1. The Morgan fingerprint density at radius 1 is 1.25 bits per heavy atom. The summed E-state index contributed by atoms with van der Waals surface area (Å²) >= 11 is 12.0. The Kier molecular flexibility index (Phi) is 5.97. The highest BCUT2D eigenvalue weighted by Gasteiger charge is 2.23. The quantitative estimate of drug-likeness (QED) is 0.546. The maximum atomic E-state index is 12.2. The molecule has 0 aromatic heterocycles. The summed E-state index contributed by atoms with van der Waals surface area (Å²) in [5, 5.41) is 4.04. The molecule has 0 radical (unpaired) electrons. The van der Waals surface area contributed by atoms with Crippen molar-refractivity contribution in [1.82, 2.24) is 5.43 Å². The molecule has 0 unspecified atom stereocenters. The number of nitrogens with one attached hydrogen (secondary N) is 1. The van der Waals surface area contributed by atoms with Crippen molar-refractivity contribution in [3.8, 4) is 11.5 Å². The molecule has 11 heteroatoms. The summed E-state index contributed by atoms with van der Waals surface area (Å²) < 4.78 is 35.6. The molecule has 1 amide bonds. The van der Waals surface area contributed by atoms with E-state index < -0.39 is 22.5 Å². The van der Waals surface area contributed by atoms with Crippen molar-refractivity contribution in [3.05, 3.63) is 52.0 Å². The van der Waals surface area contributed by atoms with Gasteiger partial charge >= 0.3 is 0 Å². The molecule has 2 aromatic carbocycles. The maximum Gasteiger partial charge on any atom is 0.260 e. The van der Waals surface area contributed by atoms with Crippen LogP contribution in [0.15, 0.2) is 41.5 Å². The molecule has 8 nitrogen and oxygen atoms in total. The summed E-state index contributed by atoms with van der Waals surface area (Å²) in [5.41, 5.74) is 3.05. The molecule has 1 N–H and O–H groups in total. The van der Waals surface area contributed by atoms with E-state index in [0.717, 1.165) is 10.6 Å². The molecule has 0 saturated carbocycles. The Labute approximate surface area is 171 Å². The number of anilines is 1. The molecule has 0 spiro atoms. The van der Waals surface area contributed by atoms with E-state index >= 15 is 0 Å². The number of ether oxygens (including phenoxy) is 2. The monoisotopic (exact) mass is 443 g/mol. The number of fused-ring (bicyclic) bond motifs is 1. The van der Waals surface area contributed by atoms with Crippen LogP contribution >= 0.6 is 23.2 Å². The number of hydrazone groups is 1. The van der Waals surface area contributed by atoms with Crippen molar-refractivity contribution in [2.24, 2.45) is 5.10 Å². The van der Waals surface area contributed by atoms with Crippen LogP contribution in [0.25, 0.3) is 0 Å². The predicted octanol–water partition coefficient (Wildman–Crippen LogP) is 2.64. The summed E-state index contributed by atoms with van der Waals surface area (Å²) in [6.45, 7) is -0.364. The lowest BCUT2D eigenvalue weighted by Gasteiger charge is -2.22. The summed E-state index contributed by atoms with van der Waals surface area (Å²) in [6, 6.07) is 9.67. The second-order valence-corrected chi connectivity index (χ2v) is 8.44. The lowest BCUT2D eigenvalue weighted by Crippen LogP contribution is -2.39. The first kappa shape index (κ1) is 20.2. The Balaban J connectivity index is 1.70. The van der Waals surface area contributed by atoms with E-state index in [-0.39, 0.29) is 22.5 Å². The summed E-state index contributed by atoms with van der Waals surface area (Å²) in [6.07, 6.45) is 2.37. The van der Waals surface area contributed by atoms with Crippen molar-refractivity contribution in [3.63, 3.8) is 0 Å². The van der Waals surface area contributed by atoms with Crippen LogP contribution < -0.4 is 19.2 Å². The number of carbonyl (C=O) groups is 1. The Hall–Kier alpha value is -2.49. The van der Waals surface area contributed by atoms with Gasteiger partial charge in [0.15, 0.2) is 11.5 Å². The second kappa shape index (κ2) is 8.26. The van der Waals surface area contributed by atoms with E-state index in [2.05, 4.69) is 10.5 Å². The lowest BCUT2D eigenvalue weighted by atomic mass is 10.2. The molecular formula is C17H15Cl2N3O5S. The van der Waals surface area contributed by atoms with Crippen molar-refractivity contribution in [2.45, 2.75) is 0 Å². The van der Waals surface area contributed by atoms with Crippen LogP contribution in [0.2, 0.25) is 10.0 Å². The third-order valence-electron chi connectivity index (χ3n) is 3.69. The van der Waals surface area contributed by atoms with Gasteiger partial charge in [-0.25, -0.2) is 13.8 Å². The first-order valence-corrected chi connectivity index (χ1v) is 10.5. The fraction of sp³-hybridized carbons (Fsp3) is 0.176. The average molecular weight is 444 g/mol. The maximum absolute atomic E-state index is 12.2. The molecule has 0 saturated heterocycles. The molecule has 0 fully saturated rings. The number of hydrogen-bond donors (Lipinski definition) is 1. The summed E-state index contributed by atoms with van der Waals surface area (Å²) in [4.78, 5) is 12.2. The van der Waals surface area contributed by atoms with Crippen molar-refractivity contribution >= 4 is 51.0 Å². The van der Waals surface area contributed by atoms with Crippen LogP contribution in [-0.2, 0) is 14.8 Å². The fourth-order valence-electron chi connectivity index (χ4n) is 2.40. The van der Waals surface area contributed by atoms with Gasteiger partial charge < -0.3 is 9.47 Å². The standard InChI is InChI=1S/C17H15Cl2N3O5S/c1-28(24,25)22(13-4-2-3-12(18)17(13)19)9-16(23)21-20-8-11-5-6-14-15(7-11)27-10-26-14/h2-8H,9-10H2,1H3,(H,21,23)/b20-8-. The molecular weight excluding hydrogens is 429 g/mol. The number of nitrogens with zero attached hydrogens (tertiary/aromatic N) is 2. The number of halogens is 2. The largest absolute Gasteiger partial charge is 0.454 e. The molecule has 0 bridgehead atoms. The van der Waals surface area contributed by atoms with Crippen LogP contribution in [0.4, 0.5) is 5.69 Å². The van der Waals surface area contributed by atoms with E-state index in [1.54, 1.807) is 18.2 Å². The van der Waals surface area contributed by atoms with Gasteiger partial charge in [-0.15, -0.1) is 0 Å². The molecule has 1 aliphatic heterocycles. The molecule has 148 valence electrons. The Morgan fingerprint density at radius 2 is 2.00 bits per heavy atom. The Morgan fingerprint density at radius 3 is 2.75 bits per heavy atom. The molecule has 0 aliphatic carbocycles. The van der Waals surface area contributed by atoms with Gasteiger partial charge in [0, 0.05) is 0 Å². The van der Waals surface area contributed by atoms with Crippen molar-refractivity contribution < 1.29 is 22.7 Å². The zero-order valence-corrected chi connectivity index (χ0v) is 16.9. The minimum Gasteiger partial charge on any atom is -0.454 e. The van der Waals surface area contributed by atoms with E-state index in [1.807, 2.05) is 0 Å². The highest BCUT2D eigenvalue weighted by atomic mass is 35.5. The lowest BCUT2D eigenvalue weighted by molar-refractivity contribution is -0.119. The zero-order chi connectivity index (χ0) is 20.3. The molecule has 0 atom stereocenters. The molecule has 2 aromatic rings.